The highest BCUT2D eigenvalue weighted by atomic mass is 16.7. The lowest BCUT2D eigenvalue weighted by Crippen LogP contribution is -2.69. The molecule has 0 bridgehead atoms. The Morgan fingerprint density at radius 2 is 1.76 bits per heavy atom. The first-order valence-corrected chi connectivity index (χ1v) is 19.0. The fourth-order valence-electron chi connectivity index (χ4n) is 8.62. The van der Waals surface area contributed by atoms with Crippen molar-refractivity contribution in [1.82, 2.24) is 4.90 Å². The maximum atomic E-state index is 13.9. The third-order valence-corrected chi connectivity index (χ3v) is 11.4. The van der Waals surface area contributed by atoms with Gasteiger partial charge >= 0.3 is 0 Å². The fourth-order valence-corrected chi connectivity index (χ4v) is 8.62. The summed E-state index contributed by atoms with van der Waals surface area (Å²) in [5.74, 6) is 1.04. The fraction of sp³-hybridized carbons (Fsp3) is 0.571. The molecule has 2 aromatic carbocycles. The minimum Gasteiger partial charge on any atom is -0.459 e. The van der Waals surface area contributed by atoms with Gasteiger partial charge in [-0.05, 0) is 118 Å². The van der Waals surface area contributed by atoms with Gasteiger partial charge < -0.3 is 34.2 Å². The zero-order valence-electron chi connectivity index (χ0n) is 30.8. The highest BCUT2D eigenvalue weighted by Gasteiger charge is 2.65. The molecule has 4 aliphatic rings. The second-order valence-electron chi connectivity index (χ2n) is 14.8. The summed E-state index contributed by atoms with van der Waals surface area (Å²) in [4.78, 5) is 21.5. The van der Waals surface area contributed by atoms with Crippen LogP contribution in [0.25, 0.3) is 0 Å². The predicted molar refractivity (Wildman–Crippen MR) is 198 cm³/mol. The van der Waals surface area contributed by atoms with Crippen LogP contribution in [0.5, 0.6) is 17.2 Å². The quantitative estimate of drug-likeness (QED) is 0.0993. The van der Waals surface area contributed by atoms with Crippen LogP contribution in [-0.4, -0.2) is 72.0 Å². The maximum absolute atomic E-state index is 13.9. The van der Waals surface area contributed by atoms with Gasteiger partial charge in [-0.25, -0.2) is 0 Å². The van der Waals surface area contributed by atoms with Gasteiger partial charge in [-0.1, -0.05) is 36.2 Å². The van der Waals surface area contributed by atoms with Gasteiger partial charge in [-0.3, -0.25) is 4.79 Å². The number of allylic oxidation sites excluding steroid dienone is 1. The molecule has 1 heterocycles. The van der Waals surface area contributed by atoms with Gasteiger partial charge in [0.1, 0.15) is 29.9 Å². The number of hydrogen-bond acceptors (Lipinski definition) is 8. The third kappa shape index (κ3) is 7.62. The van der Waals surface area contributed by atoms with E-state index in [1.54, 1.807) is 6.08 Å². The van der Waals surface area contributed by atoms with E-state index in [0.29, 0.717) is 19.4 Å². The Kier molecular flexibility index (Phi) is 11.9. The number of amides is 1. The number of fused-ring (bicyclic) bond motifs is 2. The summed E-state index contributed by atoms with van der Waals surface area (Å²) < 4.78 is 20.7. The largest absolute Gasteiger partial charge is 0.459 e. The Balaban J connectivity index is 1.55. The topological polar surface area (TPSA) is 110 Å². The molecule has 0 radical (unpaired) electrons. The predicted octanol–water partition coefficient (Wildman–Crippen LogP) is 7.62. The molecule has 2 fully saturated rings. The van der Waals surface area contributed by atoms with E-state index in [4.69, 9.17) is 24.2 Å². The molecule has 6 unspecified atom stereocenters. The van der Waals surface area contributed by atoms with Crippen molar-refractivity contribution in [2.75, 3.05) is 33.5 Å². The van der Waals surface area contributed by atoms with Gasteiger partial charge in [0.05, 0.1) is 18.2 Å². The average molecular weight is 701 g/mol. The number of hydrogen-bond donors (Lipinski definition) is 2. The van der Waals surface area contributed by atoms with Gasteiger partial charge in [0.15, 0.2) is 0 Å². The van der Waals surface area contributed by atoms with E-state index in [1.807, 2.05) is 37.1 Å². The van der Waals surface area contributed by atoms with Gasteiger partial charge in [0.2, 0.25) is 11.7 Å². The number of oxime groups is 1. The van der Waals surface area contributed by atoms with E-state index in [0.717, 1.165) is 84.6 Å². The van der Waals surface area contributed by atoms with Gasteiger partial charge in [-0.2, -0.15) is 0 Å². The normalized spacial score (nSPS) is 27.1. The number of aliphatic hydroxyl groups excluding tert-OH is 2. The molecule has 0 saturated heterocycles. The van der Waals surface area contributed by atoms with Gasteiger partial charge in [0.25, 0.3) is 0 Å². The minimum atomic E-state index is -1.22. The zero-order chi connectivity index (χ0) is 36.1. The Hall–Kier alpha value is -3.66. The standard InChI is InChI=1S/C42H56N2O7/c1-6-22-48-42-38(44(5)41(47)29-15-16-29)26-36(43-49-7-2)34-24-30(12-8-10-20-45)33(13-9-11-21-46)39(40(34)42)35-25-32(18-19-37(35)51-42)50-31-17-14-27(3)28(4)23-31/h6,14,17-19,23-25,29-30,33,38-40,45-46H,1,7-13,15-16,20-22,26H2,2-5H3. The van der Waals surface area contributed by atoms with Crippen LogP contribution in [0.1, 0.15) is 87.3 Å². The second-order valence-corrected chi connectivity index (χ2v) is 14.8. The van der Waals surface area contributed by atoms with Gasteiger partial charge in [-0.15, -0.1) is 6.58 Å². The highest BCUT2D eigenvalue weighted by molar-refractivity contribution is 6.03. The van der Waals surface area contributed by atoms with Crippen molar-refractivity contribution in [3.63, 3.8) is 0 Å². The number of aryl methyl sites for hydroxylation is 2. The molecule has 276 valence electrons. The molecule has 0 aromatic heterocycles. The minimum absolute atomic E-state index is 0.0148. The van der Waals surface area contributed by atoms with Crippen molar-refractivity contribution >= 4 is 11.6 Å². The summed E-state index contributed by atoms with van der Waals surface area (Å²) in [6, 6.07) is 11.7. The molecule has 51 heavy (non-hydrogen) atoms. The summed E-state index contributed by atoms with van der Waals surface area (Å²) in [5, 5.41) is 24.3. The second kappa shape index (κ2) is 16.3. The number of likely N-dealkylation sites (N-methyl/N-ethyl adjacent to an activating group) is 1. The average Bonchev–Trinajstić information content (AvgIpc) is 3.98. The smallest absolute Gasteiger partial charge is 0.239 e. The summed E-state index contributed by atoms with van der Waals surface area (Å²) in [7, 11) is 1.88. The first kappa shape index (κ1) is 37.1. The van der Waals surface area contributed by atoms with Gasteiger partial charge in [0, 0.05) is 44.1 Å². The number of carbonyl (C=O) groups is 1. The van der Waals surface area contributed by atoms with E-state index >= 15 is 0 Å². The van der Waals surface area contributed by atoms with Crippen LogP contribution in [0.4, 0.5) is 0 Å². The van der Waals surface area contributed by atoms with Crippen molar-refractivity contribution in [2.45, 2.75) is 96.3 Å². The molecule has 6 atom stereocenters. The van der Waals surface area contributed by atoms with E-state index in [1.165, 1.54) is 5.56 Å². The van der Waals surface area contributed by atoms with Crippen molar-refractivity contribution in [3.05, 3.63) is 77.4 Å². The molecular formula is C42H56N2O7. The van der Waals surface area contributed by atoms with Crippen LogP contribution in [0.3, 0.4) is 0 Å². The zero-order valence-corrected chi connectivity index (χ0v) is 30.8. The summed E-state index contributed by atoms with van der Waals surface area (Å²) in [5.41, 5.74) is 5.27. The lowest BCUT2D eigenvalue weighted by Gasteiger charge is -2.59. The molecule has 9 nitrogen and oxygen atoms in total. The van der Waals surface area contributed by atoms with Crippen LogP contribution >= 0.6 is 0 Å². The molecule has 1 amide bonds. The number of carbonyl (C=O) groups excluding carboxylic acids is 1. The Morgan fingerprint density at radius 3 is 2.45 bits per heavy atom. The van der Waals surface area contributed by atoms with Crippen molar-refractivity contribution in [2.24, 2.45) is 28.8 Å². The highest BCUT2D eigenvalue weighted by Crippen LogP contribution is 2.62. The van der Waals surface area contributed by atoms with Crippen LogP contribution in [0.2, 0.25) is 0 Å². The lowest BCUT2D eigenvalue weighted by atomic mass is 9.55. The third-order valence-electron chi connectivity index (χ3n) is 11.4. The molecular weight excluding hydrogens is 644 g/mol. The number of rotatable bonds is 17. The number of ether oxygens (including phenoxy) is 3. The first-order valence-electron chi connectivity index (χ1n) is 19.0. The summed E-state index contributed by atoms with van der Waals surface area (Å²) in [6.07, 6.45) is 11.3. The first-order chi connectivity index (χ1) is 24.8. The summed E-state index contributed by atoms with van der Waals surface area (Å²) >= 11 is 0. The number of unbranched alkanes of at least 4 members (excludes halogenated alkanes) is 2. The summed E-state index contributed by atoms with van der Waals surface area (Å²) in [6.45, 7) is 11.1. The van der Waals surface area contributed by atoms with E-state index in [-0.39, 0.29) is 55.3 Å². The molecule has 0 spiro atoms. The van der Waals surface area contributed by atoms with E-state index in [2.05, 4.69) is 44.7 Å². The Morgan fingerprint density at radius 1 is 1.04 bits per heavy atom. The SMILES string of the molecule is C=CCOC12Oc3ccc(Oc4ccc(C)c(C)c4)cc3C3C(CCCCO)C(CCCCO)C=C(C(=NOCC)CC1N(C)C(=O)C1CC1)C32. The van der Waals surface area contributed by atoms with Crippen molar-refractivity contribution in [1.29, 1.82) is 0 Å². The molecule has 9 heteroatoms. The molecule has 2 N–H and O–H groups in total. The van der Waals surface area contributed by atoms with Crippen molar-refractivity contribution in [3.8, 4) is 17.2 Å². The molecule has 1 aliphatic heterocycles. The van der Waals surface area contributed by atoms with E-state index < -0.39 is 11.8 Å². The Labute approximate surface area is 303 Å². The molecule has 6 rings (SSSR count). The number of nitrogens with zero attached hydrogens (tertiary/aromatic N) is 2. The maximum Gasteiger partial charge on any atom is 0.239 e. The molecule has 3 aliphatic carbocycles. The Bertz CT molecular complexity index is 1620. The molecule has 2 aromatic rings. The van der Waals surface area contributed by atoms with Crippen LogP contribution in [0.15, 0.2) is 65.9 Å². The molecule has 2 saturated carbocycles. The van der Waals surface area contributed by atoms with Crippen LogP contribution < -0.4 is 9.47 Å². The van der Waals surface area contributed by atoms with Crippen LogP contribution in [0, 0.1) is 37.5 Å². The van der Waals surface area contributed by atoms with Crippen LogP contribution in [-0.2, 0) is 14.4 Å². The van der Waals surface area contributed by atoms with Crippen molar-refractivity contribution < 1.29 is 34.1 Å². The monoisotopic (exact) mass is 700 g/mol. The number of aliphatic hydroxyl groups is 2. The lowest BCUT2D eigenvalue weighted by molar-refractivity contribution is -0.255. The number of benzene rings is 2. The van der Waals surface area contributed by atoms with E-state index in [9.17, 15) is 15.0 Å².